The van der Waals surface area contributed by atoms with Crippen molar-refractivity contribution in [3.05, 3.63) is 22.9 Å². The van der Waals surface area contributed by atoms with Crippen molar-refractivity contribution in [2.24, 2.45) is 0 Å². The summed E-state index contributed by atoms with van der Waals surface area (Å²) in [6, 6.07) is 1.38. The molecule has 1 aliphatic heterocycles. The summed E-state index contributed by atoms with van der Waals surface area (Å²) in [4.78, 5) is 4.10. The van der Waals surface area contributed by atoms with E-state index in [4.69, 9.17) is 4.74 Å². The second-order valence-electron chi connectivity index (χ2n) is 3.84. The van der Waals surface area contributed by atoms with E-state index in [0.717, 1.165) is 0 Å². The Morgan fingerprint density at radius 2 is 2.28 bits per heavy atom. The number of hydrogen-bond donors (Lipinski definition) is 0. The summed E-state index contributed by atoms with van der Waals surface area (Å²) in [5, 5.41) is 0.549. The molecule has 1 aliphatic rings. The summed E-state index contributed by atoms with van der Waals surface area (Å²) in [5.41, 5.74) is 0. The van der Waals surface area contributed by atoms with Gasteiger partial charge in [-0.15, -0.1) is 0 Å². The molecule has 1 unspecified atom stereocenters. The van der Waals surface area contributed by atoms with Crippen molar-refractivity contribution >= 4 is 41.9 Å². The molecule has 0 bridgehead atoms. The Morgan fingerprint density at radius 3 is 2.94 bits per heavy atom. The number of pyridine rings is 1. The maximum Gasteiger partial charge on any atom is 0.245 e. The molecule has 8 heteroatoms. The second kappa shape index (κ2) is 5.96. The van der Waals surface area contributed by atoms with E-state index in [1.54, 1.807) is 12.3 Å². The molecule has 0 N–H and O–H groups in total. The molecule has 1 saturated heterocycles. The smallest absolute Gasteiger partial charge is 0.245 e. The third kappa shape index (κ3) is 2.93. The van der Waals surface area contributed by atoms with Crippen molar-refractivity contribution in [2.75, 3.05) is 25.1 Å². The van der Waals surface area contributed by atoms with Gasteiger partial charge in [-0.1, -0.05) is 15.9 Å². The minimum atomic E-state index is -3.51. The molecule has 1 aromatic rings. The largest absolute Gasteiger partial charge is 0.378 e. The Balaban J connectivity index is 2.35. The quantitative estimate of drug-likeness (QED) is 0.724. The molecule has 1 atom stereocenters. The maximum absolute atomic E-state index is 12.5. The number of hydrogen-bond acceptors (Lipinski definition) is 4. The van der Waals surface area contributed by atoms with Gasteiger partial charge >= 0.3 is 0 Å². The molecule has 0 spiro atoms. The van der Waals surface area contributed by atoms with Crippen LogP contribution in [0.4, 0.5) is 0 Å². The van der Waals surface area contributed by atoms with Crippen molar-refractivity contribution < 1.29 is 13.2 Å². The molecule has 0 saturated carbocycles. The van der Waals surface area contributed by atoms with E-state index in [9.17, 15) is 8.42 Å². The molecule has 2 rings (SSSR count). The van der Waals surface area contributed by atoms with E-state index in [1.165, 1.54) is 10.5 Å². The molecule has 2 heterocycles. The van der Waals surface area contributed by atoms with E-state index < -0.39 is 10.0 Å². The van der Waals surface area contributed by atoms with Gasteiger partial charge in [0.2, 0.25) is 10.0 Å². The molecule has 0 aromatic carbocycles. The van der Waals surface area contributed by atoms with E-state index >= 15 is 0 Å². The Hall–Kier alpha value is -0.0200. The van der Waals surface area contributed by atoms with Crippen LogP contribution in [0.5, 0.6) is 0 Å². The van der Waals surface area contributed by atoms with Gasteiger partial charge in [-0.25, -0.2) is 8.42 Å². The minimum absolute atomic E-state index is 0.178. The first kappa shape index (κ1) is 14.4. The van der Waals surface area contributed by atoms with Crippen LogP contribution in [0.1, 0.15) is 0 Å². The number of ether oxygens (including phenoxy) is 1. The first-order valence-electron chi connectivity index (χ1n) is 5.32. The van der Waals surface area contributed by atoms with Gasteiger partial charge in [-0.2, -0.15) is 4.31 Å². The fraction of sp³-hybridized carbons (Fsp3) is 0.500. The van der Waals surface area contributed by atoms with Crippen molar-refractivity contribution in [3.63, 3.8) is 0 Å². The Kier molecular flexibility index (Phi) is 4.76. The monoisotopic (exact) mass is 398 g/mol. The molecule has 0 amide bonds. The molecule has 0 aliphatic carbocycles. The highest BCUT2D eigenvalue weighted by Crippen LogP contribution is 2.23. The molecule has 1 aromatic heterocycles. The van der Waals surface area contributed by atoms with Gasteiger partial charge in [-0.3, -0.25) is 4.98 Å². The van der Waals surface area contributed by atoms with E-state index in [2.05, 4.69) is 36.8 Å². The average molecular weight is 400 g/mol. The standard InChI is InChI=1S/C10H12Br2N2O3S/c11-4-9-7-17-2-1-14(9)18(15,16)10-3-8(12)5-13-6-10/h3,5-6,9H,1-2,4,7H2. The number of alkyl halides is 1. The predicted octanol–water partition coefficient (Wildman–Crippen LogP) is 1.63. The molecular weight excluding hydrogens is 388 g/mol. The first-order chi connectivity index (χ1) is 8.55. The molecule has 1 fully saturated rings. The number of halogens is 2. The minimum Gasteiger partial charge on any atom is -0.378 e. The van der Waals surface area contributed by atoms with Crippen molar-refractivity contribution in [2.45, 2.75) is 10.9 Å². The summed E-state index contributed by atoms with van der Waals surface area (Å²) < 4.78 is 32.4. The summed E-state index contributed by atoms with van der Waals surface area (Å²) >= 11 is 6.55. The zero-order valence-corrected chi connectivity index (χ0v) is 13.4. The number of morpholine rings is 1. The molecular formula is C10H12Br2N2O3S. The fourth-order valence-electron chi connectivity index (χ4n) is 1.75. The van der Waals surface area contributed by atoms with Gasteiger partial charge in [0, 0.05) is 28.7 Å². The van der Waals surface area contributed by atoms with Crippen LogP contribution in [0.2, 0.25) is 0 Å². The van der Waals surface area contributed by atoms with E-state index in [1.807, 2.05) is 0 Å². The van der Waals surface area contributed by atoms with Gasteiger partial charge < -0.3 is 4.74 Å². The van der Waals surface area contributed by atoms with Crippen LogP contribution in [-0.2, 0) is 14.8 Å². The summed E-state index contributed by atoms with van der Waals surface area (Å²) in [5.74, 6) is 0. The van der Waals surface area contributed by atoms with Crippen molar-refractivity contribution in [1.29, 1.82) is 0 Å². The normalized spacial score (nSPS) is 22.0. The Morgan fingerprint density at radius 1 is 1.50 bits per heavy atom. The Bertz CT molecular complexity index is 524. The van der Waals surface area contributed by atoms with Crippen LogP contribution in [0.25, 0.3) is 0 Å². The lowest BCUT2D eigenvalue weighted by Gasteiger charge is -2.33. The third-order valence-corrected chi connectivity index (χ3v) is 5.74. The highest BCUT2D eigenvalue weighted by Gasteiger charge is 2.33. The van der Waals surface area contributed by atoms with Crippen LogP contribution in [-0.4, -0.2) is 48.8 Å². The molecule has 5 nitrogen and oxygen atoms in total. The lowest BCUT2D eigenvalue weighted by Crippen LogP contribution is -2.49. The predicted molar refractivity (Wildman–Crippen MR) is 74.2 cm³/mol. The van der Waals surface area contributed by atoms with Gasteiger partial charge in [-0.05, 0) is 22.0 Å². The highest BCUT2D eigenvalue weighted by atomic mass is 79.9. The third-order valence-electron chi connectivity index (χ3n) is 2.64. The highest BCUT2D eigenvalue weighted by molar-refractivity contribution is 9.10. The second-order valence-corrected chi connectivity index (χ2v) is 7.29. The van der Waals surface area contributed by atoms with Gasteiger partial charge in [0.25, 0.3) is 0 Å². The van der Waals surface area contributed by atoms with E-state index in [0.29, 0.717) is 29.6 Å². The number of sulfonamides is 1. The van der Waals surface area contributed by atoms with Crippen LogP contribution in [0.3, 0.4) is 0 Å². The number of rotatable bonds is 3. The summed E-state index contributed by atoms with van der Waals surface area (Å²) in [7, 11) is -3.51. The zero-order chi connectivity index (χ0) is 13.2. The van der Waals surface area contributed by atoms with Crippen LogP contribution >= 0.6 is 31.9 Å². The van der Waals surface area contributed by atoms with Crippen LogP contribution in [0, 0.1) is 0 Å². The molecule has 18 heavy (non-hydrogen) atoms. The lowest BCUT2D eigenvalue weighted by atomic mass is 10.3. The van der Waals surface area contributed by atoms with Gasteiger partial charge in [0.1, 0.15) is 4.90 Å². The fourth-order valence-corrected chi connectivity index (χ4v) is 4.57. The average Bonchev–Trinajstić information content (AvgIpc) is 2.38. The van der Waals surface area contributed by atoms with Gasteiger partial charge in [0.05, 0.1) is 19.3 Å². The topological polar surface area (TPSA) is 59.5 Å². The van der Waals surface area contributed by atoms with Crippen molar-refractivity contribution in [3.8, 4) is 0 Å². The molecule has 100 valence electrons. The van der Waals surface area contributed by atoms with E-state index in [-0.39, 0.29) is 10.9 Å². The van der Waals surface area contributed by atoms with Crippen LogP contribution < -0.4 is 0 Å². The van der Waals surface area contributed by atoms with Gasteiger partial charge in [0.15, 0.2) is 0 Å². The van der Waals surface area contributed by atoms with Crippen LogP contribution in [0.15, 0.2) is 27.8 Å². The SMILES string of the molecule is O=S(=O)(c1cncc(Br)c1)N1CCOCC1CBr. The maximum atomic E-state index is 12.5. The number of nitrogens with zero attached hydrogens (tertiary/aromatic N) is 2. The number of aromatic nitrogens is 1. The Labute approximate surface area is 123 Å². The first-order valence-corrected chi connectivity index (χ1v) is 8.67. The lowest BCUT2D eigenvalue weighted by molar-refractivity contribution is 0.0413. The summed E-state index contributed by atoms with van der Waals surface area (Å²) in [6.07, 6.45) is 2.92. The summed E-state index contributed by atoms with van der Waals surface area (Å²) in [6.45, 7) is 1.20. The zero-order valence-electron chi connectivity index (χ0n) is 9.42. The van der Waals surface area contributed by atoms with Crippen molar-refractivity contribution in [1.82, 2.24) is 9.29 Å². The molecule has 0 radical (unpaired) electrons.